The first kappa shape index (κ1) is 18.4. The van der Waals surface area contributed by atoms with Gasteiger partial charge in [-0.05, 0) is 11.2 Å². The predicted molar refractivity (Wildman–Crippen MR) is 81.6 cm³/mol. The van der Waals surface area contributed by atoms with Gasteiger partial charge in [0.25, 0.3) is 5.95 Å². The highest BCUT2D eigenvalue weighted by atomic mass is 19.4. The Morgan fingerprint density at radius 3 is 2.69 bits per heavy atom. The summed E-state index contributed by atoms with van der Waals surface area (Å²) in [6, 6.07) is 3.22. The normalized spacial score (nSPS) is 23.9. The summed E-state index contributed by atoms with van der Waals surface area (Å²) in [5, 5.41) is 24.0. The molecular weight excluding hydrogens is 357 g/mol. The van der Waals surface area contributed by atoms with Crippen molar-refractivity contribution in [3.63, 3.8) is 0 Å². The quantitative estimate of drug-likeness (QED) is 0.818. The number of aliphatic hydroxyl groups is 2. The molecule has 0 aromatic carbocycles. The van der Waals surface area contributed by atoms with Crippen molar-refractivity contribution < 1.29 is 32.6 Å². The minimum Gasteiger partial charge on any atom is -0.470 e. The van der Waals surface area contributed by atoms with E-state index in [9.17, 15) is 23.4 Å². The maximum Gasteiger partial charge on any atom is 0.433 e. The molecule has 0 bridgehead atoms. The van der Waals surface area contributed by atoms with Crippen molar-refractivity contribution in [1.29, 1.82) is 0 Å². The van der Waals surface area contributed by atoms with Crippen LogP contribution in [0.4, 0.5) is 19.1 Å². The Kier molecular flexibility index (Phi) is 5.01. The molecule has 26 heavy (non-hydrogen) atoms. The van der Waals surface area contributed by atoms with Crippen LogP contribution in [0.25, 0.3) is 0 Å². The molecule has 8 nitrogen and oxygen atoms in total. The van der Waals surface area contributed by atoms with Gasteiger partial charge in [0.05, 0.1) is 6.54 Å². The van der Waals surface area contributed by atoms with Gasteiger partial charge >= 0.3 is 6.18 Å². The molecule has 3 atom stereocenters. The highest BCUT2D eigenvalue weighted by molar-refractivity contribution is 5.31. The van der Waals surface area contributed by atoms with Crippen LogP contribution < -0.4 is 9.64 Å². The first-order valence-corrected chi connectivity index (χ1v) is 7.92. The number of ether oxygens (including phenoxy) is 1. The van der Waals surface area contributed by atoms with Crippen molar-refractivity contribution in [3.05, 3.63) is 29.8 Å². The zero-order valence-electron chi connectivity index (χ0n) is 13.7. The monoisotopic (exact) mass is 374 g/mol. The van der Waals surface area contributed by atoms with E-state index < -0.39 is 30.2 Å². The van der Waals surface area contributed by atoms with Gasteiger partial charge in [0.1, 0.15) is 24.0 Å². The van der Waals surface area contributed by atoms with Gasteiger partial charge in [-0.15, -0.1) is 0 Å². The Morgan fingerprint density at radius 2 is 2.04 bits per heavy atom. The van der Waals surface area contributed by atoms with Crippen molar-refractivity contribution in [3.8, 4) is 5.88 Å². The molecule has 0 radical (unpaired) electrons. The van der Waals surface area contributed by atoms with Gasteiger partial charge in [0.2, 0.25) is 11.8 Å². The molecule has 0 aliphatic carbocycles. The molecule has 3 heterocycles. The Labute approximate surface area is 146 Å². The van der Waals surface area contributed by atoms with Gasteiger partial charge in [-0.1, -0.05) is 13.0 Å². The first-order chi connectivity index (χ1) is 12.3. The van der Waals surface area contributed by atoms with E-state index in [1.807, 2.05) is 6.92 Å². The largest absolute Gasteiger partial charge is 0.470 e. The van der Waals surface area contributed by atoms with Crippen molar-refractivity contribution in [2.75, 3.05) is 18.0 Å². The molecule has 2 N–H and O–H groups in total. The van der Waals surface area contributed by atoms with Gasteiger partial charge in [-0.3, -0.25) is 0 Å². The number of rotatable bonds is 4. The molecule has 0 spiro atoms. The predicted octanol–water partition coefficient (Wildman–Crippen LogP) is 1.04. The number of hydrogen-bond acceptors (Lipinski definition) is 8. The van der Waals surface area contributed by atoms with Crippen LogP contribution in [0.5, 0.6) is 5.88 Å². The number of halogens is 3. The average Bonchev–Trinajstić information content (AvgIpc) is 3.07. The molecular formula is C15H17F3N4O4. The smallest absolute Gasteiger partial charge is 0.433 e. The summed E-state index contributed by atoms with van der Waals surface area (Å²) in [6.45, 7) is 1.90. The second kappa shape index (κ2) is 7.08. The third kappa shape index (κ3) is 3.88. The number of pyridine rings is 1. The van der Waals surface area contributed by atoms with Gasteiger partial charge in [-0.2, -0.15) is 18.2 Å². The Hall–Kier alpha value is -2.40. The molecule has 3 rings (SSSR count). The van der Waals surface area contributed by atoms with Gasteiger partial charge in [-0.25, -0.2) is 4.98 Å². The summed E-state index contributed by atoms with van der Waals surface area (Å²) in [6.07, 6.45) is -7.63. The molecule has 1 aliphatic rings. The molecule has 0 amide bonds. The topological polar surface area (TPSA) is 105 Å². The number of aryl methyl sites for hydroxylation is 1. The van der Waals surface area contributed by atoms with Crippen molar-refractivity contribution >= 4 is 5.95 Å². The number of aromatic nitrogens is 3. The second-order valence-electron chi connectivity index (χ2n) is 5.82. The van der Waals surface area contributed by atoms with E-state index in [4.69, 9.17) is 9.26 Å². The highest BCUT2D eigenvalue weighted by Crippen LogP contribution is 2.29. The third-order valence-electron chi connectivity index (χ3n) is 3.91. The molecule has 1 fully saturated rings. The molecule has 1 aliphatic heterocycles. The number of anilines is 1. The molecule has 2 aromatic heterocycles. The molecule has 0 saturated carbocycles. The minimum atomic E-state index is -4.61. The van der Waals surface area contributed by atoms with Gasteiger partial charge in [0.15, 0.2) is 0 Å². The minimum absolute atomic E-state index is 0.0275. The summed E-state index contributed by atoms with van der Waals surface area (Å²) >= 11 is 0. The summed E-state index contributed by atoms with van der Waals surface area (Å²) < 4.78 is 48.7. The van der Waals surface area contributed by atoms with Gasteiger partial charge < -0.3 is 24.4 Å². The lowest BCUT2D eigenvalue weighted by molar-refractivity contribution is -0.141. The third-order valence-corrected chi connectivity index (χ3v) is 3.91. The number of alkyl halides is 3. The lowest BCUT2D eigenvalue weighted by atomic mass is 10.0. The summed E-state index contributed by atoms with van der Waals surface area (Å²) in [7, 11) is 0. The molecule has 11 heteroatoms. The molecule has 142 valence electrons. The highest BCUT2D eigenvalue weighted by Gasteiger charge is 2.39. The summed E-state index contributed by atoms with van der Waals surface area (Å²) in [4.78, 5) is 9.07. The van der Waals surface area contributed by atoms with E-state index in [-0.39, 0.29) is 24.9 Å². The Morgan fingerprint density at radius 1 is 1.27 bits per heavy atom. The number of nitrogens with zero attached hydrogens (tertiary/aromatic N) is 4. The fraction of sp³-hybridized carbons (Fsp3) is 0.533. The van der Waals surface area contributed by atoms with Crippen molar-refractivity contribution in [2.24, 2.45) is 0 Å². The van der Waals surface area contributed by atoms with E-state index in [0.29, 0.717) is 12.3 Å². The standard InChI is InChI=1S/C15H17F3N4O4/c1-2-11-20-14(21-26-11)22-6-8(23)13(24)9(7-22)25-12-5-3-4-10(19-12)15(16,17)18/h3-5,8-9,13,23-24H,2,6-7H2,1H3/t8-,9-,13-/m0/s1. The SMILES string of the molecule is CCc1nc(N2C[C@H](Oc3cccc(C(F)(F)F)n3)[C@@H](O)[C@@H](O)C2)no1. The van der Waals surface area contributed by atoms with E-state index in [1.165, 1.54) is 11.0 Å². The second-order valence-corrected chi connectivity index (χ2v) is 5.82. The molecule has 1 saturated heterocycles. The maximum absolute atomic E-state index is 12.8. The van der Waals surface area contributed by atoms with E-state index in [0.717, 1.165) is 12.1 Å². The number of piperidine rings is 1. The lowest BCUT2D eigenvalue weighted by Gasteiger charge is -2.38. The van der Waals surface area contributed by atoms with E-state index >= 15 is 0 Å². The van der Waals surface area contributed by atoms with Crippen LogP contribution in [0, 0.1) is 0 Å². The van der Waals surface area contributed by atoms with Gasteiger partial charge in [0, 0.05) is 19.0 Å². The lowest BCUT2D eigenvalue weighted by Crippen LogP contribution is -2.57. The fourth-order valence-electron chi connectivity index (χ4n) is 2.56. The van der Waals surface area contributed by atoms with Crippen LogP contribution in [0.3, 0.4) is 0 Å². The van der Waals surface area contributed by atoms with E-state index in [1.54, 1.807) is 0 Å². The molecule has 2 aromatic rings. The van der Waals surface area contributed by atoms with Crippen LogP contribution in [0.15, 0.2) is 22.7 Å². The zero-order valence-corrected chi connectivity index (χ0v) is 13.7. The molecule has 0 unspecified atom stereocenters. The Bertz CT molecular complexity index is 754. The Balaban J connectivity index is 1.77. The number of hydrogen-bond donors (Lipinski definition) is 2. The fourth-order valence-corrected chi connectivity index (χ4v) is 2.56. The maximum atomic E-state index is 12.8. The van der Waals surface area contributed by atoms with Crippen LogP contribution in [-0.2, 0) is 12.6 Å². The number of β-amino-alcohol motifs (C(OH)–C–C–N with tert-alkyl or cyclic N) is 1. The summed E-state index contributed by atoms with van der Waals surface area (Å²) in [5.74, 6) is 0.302. The first-order valence-electron chi connectivity index (χ1n) is 7.92. The van der Waals surface area contributed by atoms with E-state index in [2.05, 4.69) is 15.1 Å². The van der Waals surface area contributed by atoms with Crippen LogP contribution >= 0.6 is 0 Å². The van der Waals surface area contributed by atoms with Crippen LogP contribution in [-0.4, -0.2) is 56.7 Å². The van der Waals surface area contributed by atoms with Crippen molar-refractivity contribution in [2.45, 2.75) is 37.8 Å². The summed E-state index contributed by atoms with van der Waals surface area (Å²) in [5.41, 5.74) is -1.11. The number of aliphatic hydroxyl groups excluding tert-OH is 2. The average molecular weight is 374 g/mol. The zero-order chi connectivity index (χ0) is 18.9. The van der Waals surface area contributed by atoms with Crippen LogP contribution in [0.2, 0.25) is 0 Å². The van der Waals surface area contributed by atoms with Crippen LogP contribution in [0.1, 0.15) is 18.5 Å². The van der Waals surface area contributed by atoms with Crippen molar-refractivity contribution in [1.82, 2.24) is 15.1 Å².